The molecule has 1 amide bonds. The summed E-state index contributed by atoms with van der Waals surface area (Å²) >= 11 is 0. The Balaban J connectivity index is 1.06. The van der Waals surface area contributed by atoms with Gasteiger partial charge in [0.05, 0.1) is 5.52 Å². The molecule has 0 unspecified atom stereocenters. The number of aromatic nitrogens is 2. The number of aromatic amines is 1. The molecule has 1 spiro atoms. The van der Waals surface area contributed by atoms with Crippen molar-refractivity contribution in [3.8, 4) is 5.75 Å². The van der Waals surface area contributed by atoms with Crippen LogP contribution in [0.1, 0.15) is 61.1 Å². The highest BCUT2D eigenvalue weighted by Crippen LogP contribution is 2.43. The monoisotopic (exact) mass is 458 g/mol. The number of piperidine rings is 2. The molecule has 178 valence electrons. The first-order chi connectivity index (χ1) is 16.4. The molecule has 1 N–H and O–H groups in total. The topological polar surface area (TPSA) is 61.5 Å². The van der Waals surface area contributed by atoms with Crippen molar-refractivity contribution in [2.75, 3.05) is 26.2 Å². The number of ether oxygens (including phenoxy) is 1. The summed E-state index contributed by atoms with van der Waals surface area (Å²) in [4.78, 5) is 17.8. The third kappa shape index (κ3) is 3.88. The SMILES string of the molecule is CC1(C)Cc2cccc(CN3CCC4(CC3)CCN(C(=O)c3n[nH]c5ccccc35)CC4)c2O1. The van der Waals surface area contributed by atoms with Crippen LogP contribution in [0.5, 0.6) is 5.75 Å². The van der Waals surface area contributed by atoms with E-state index in [1.165, 1.54) is 24.0 Å². The molecule has 3 aliphatic rings. The minimum absolute atomic E-state index is 0.0607. The summed E-state index contributed by atoms with van der Waals surface area (Å²) in [6.45, 7) is 9.20. The highest BCUT2D eigenvalue weighted by Gasteiger charge is 2.39. The van der Waals surface area contributed by atoms with E-state index in [9.17, 15) is 4.79 Å². The Morgan fingerprint density at radius 1 is 1.00 bits per heavy atom. The normalized spacial score (nSPS) is 21.5. The van der Waals surface area contributed by atoms with Crippen LogP contribution in [0, 0.1) is 5.41 Å². The Morgan fingerprint density at radius 3 is 2.53 bits per heavy atom. The highest BCUT2D eigenvalue weighted by molar-refractivity contribution is 6.04. The Bertz CT molecular complexity index is 1210. The van der Waals surface area contributed by atoms with E-state index in [2.05, 4.69) is 47.1 Å². The fourth-order valence-corrected chi connectivity index (χ4v) is 6.19. The standard InChI is InChI=1S/C28H34N4O2/c1-27(2)18-20-6-5-7-21(25(20)34-27)19-31-14-10-28(11-15-31)12-16-32(17-13-28)26(33)24-22-8-3-4-9-23(22)29-30-24/h3-9H,10-19H2,1-2H3,(H,29,30). The van der Waals surface area contributed by atoms with Gasteiger partial charge in [-0.15, -0.1) is 0 Å². The van der Waals surface area contributed by atoms with Gasteiger partial charge in [-0.25, -0.2) is 0 Å². The third-order valence-corrected chi connectivity index (χ3v) is 8.27. The average Bonchev–Trinajstić information content (AvgIpc) is 3.41. The fraction of sp³-hybridized carbons (Fsp3) is 0.500. The number of carbonyl (C=O) groups excluding carboxylic acids is 1. The molecule has 6 nitrogen and oxygen atoms in total. The molecule has 2 fully saturated rings. The van der Waals surface area contributed by atoms with Crippen molar-refractivity contribution in [1.29, 1.82) is 0 Å². The van der Waals surface area contributed by atoms with Gasteiger partial charge in [-0.05, 0) is 69.7 Å². The average molecular weight is 459 g/mol. The number of H-pyrrole nitrogens is 1. The van der Waals surface area contributed by atoms with E-state index in [0.29, 0.717) is 11.1 Å². The van der Waals surface area contributed by atoms with Gasteiger partial charge in [0.2, 0.25) is 0 Å². The highest BCUT2D eigenvalue weighted by atomic mass is 16.5. The van der Waals surface area contributed by atoms with Crippen molar-refractivity contribution < 1.29 is 9.53 Å². The van der Waals surface area contributed by atoms with Gasteiger partial charge in [-0.1, -0.05) is 36.4 Å². The van der Waals surface area contributed by atoms with Gasteiger partial charge in [0.1, 0.15) is 11.4 Å². The smallest absolute Gasteiger partial charge is 0.274 e. The predicted octanol–water partition coefficient (Wildman–Crippen LogP) is 4.79. The molecular formula is C28H34N4O2. The van der Waals surface area contributed by atoms with Crippen molar-refractivity contribution in [2.45, 2.75) is 58.1 Å². The van der Waals surface area contributed by atoms with E-state index < -0.39 is 0 Å². The zero-order valence-electron chi connectivity index (χ0n) is 20.3. The maximum atomic E-state index is 13.2. The van der Waals surface area contributed by atoms with Crippen LogP contribution in [-0.2, 0) is 13.0 Å². The van der Waals surface area contributed by atoms with Crippen LogP contribution in [0.4, 0.5) is 0 Å². The van der Waals surface area contributed by atoms with E-state index in [1.807, 2.05) is 29.2 Å². The first kappa shape index (κ1) is 21.7. The minimum Gasteiger partial charge on any atom is -0.487 e. The number of para-hydroxylation sites is 2. The second-order valence-corrected chi connectivity index (χ2v) is 11.1. The number of nitrogens with zero attached hydrogens (tertiary/aromatic N) is 3. The number of nitrogens with one attached hydrogen (secondary N) is 1. The number of likely N-dealkylation sites (tertiary alicyclic amines) is 2. The van der Waals surface area contributed by atoms with Crippen molar-refractivity contribution in [1.82, 2.24) is 20.0 Å². The molecule has 0 saturated carbocycles. The Morgan fingerprint density at radius 2 is 1.74 bits per heavy atom. The third-order valence-electron chi connectivity index (χ3n) is 8.27. The van der Waals surface area contributed by atoms with Gasteiger partial charge >= 0.3 is 0 Å². The van der Waals surface area contributed by atoms with Crippen LogP contribution in [0.3, 0.4) is 0 Å². The molecule has 6 rings (SSSR count). The lowest BCUT2D eigenvalue weighted by Gasteiger charge is -2.47. The second kappa shape index (κ2) is 8.12. The van der Waals surface area contributed by atoms with Crippen molar-refractivity contribution >= 4 is 16.8 Å². The Kier molecular flexibility index (Phi) is 5.17. The summed E-state index contributed by atoms with van der Waals surface area (Å²) in [6.07, 6.45) is 5.59. The maximum Gasteiger partial charge on any atom is 0.274 e. The number of benzene rings is 2. The number of fused-ring (bicyclic) bond motifs is 2. The Hall–Kier alpha value is -2.86. The fourth-order valence-electron chi connectivity index (χ4n) is 6.19. The van der Waals surface area contributed by atoms with Crippen LogP contribution in [-0.4, -0.2) is 57.7 Å². The predicted molar refractivity (Wildman–Crippen MR) is 133 cm³/mol. The summed E-state index contributed by atoms with van der Waals surface area (Å²) in [5.41, 5.74) is 4.42. The van der Waals surface area contributed by atoms with E-state index in [0.717, 1.165) is 68.6 Å². The van der Waals surface area contributed by atoms with Crippen molar-refractivity contribution in [3.63, 3.8) is 0 Å². The minimum atomic E-state index is -0.0992. The quantitative estimate of drug-likeness (QED) is 0.613. The molecule has 6 heteroatoms. The molecule has 3 aliphatic heterocycles. The molecule has 0 aliphatic carbocycles. The van der Waals surface area contributed by atoms with Crippen molar-refractivity contribution in [3.05, 3.63) is 59.3 Å². The van der Waals surface area contributed by atoms with Gasteiger partial charge in [0.25, 0.3) is 5.91 Å². The molecule has 4 heterocycles. The molecule has 0 atom stereocenters. The molecule has 3 aromatic rings. The molecule has 1 aromatic heterocycles. The van der Waals surface area contributed by atoms with E-state index in [4.69, 9.17) is 4.74 Å². The zero-order chi connectivity index (χ0) is 23.3. The number of hydrogen-bond acceptors (Lipinski definition) is 4. The van der Waals surface area contributed by atoms with Crippen LogP contribution < -0.4 is 4.74 Å². The number of hydrogen-bond donors (Lipinski definition) is 1. The Labute approximate surface area is 201 Å². The lowest BCUT2D eigenvalue weighted by molar-refractivity contribution is 0.0280. The van der Waals surface area contributed by atoms with Crippen LogP contribution in [0.25, 0.3) is 10.9 Å². The molecule has 0 radical (unpaired) electrons. The summed E-state index contributed by atoms with van der Waals surface area (Å²) in [5, 5.41) is 8.24. The summed E-state index contributed by atoms with van der Waals surface area (Å²) in [7, 11) is 0. The van der Waals surface area contributed by atoms with Gasteiger partial charge in [-0.2, -0.15) is 5.10 Å². The van der Waals surface area contributed by atoms with Crippen molar-refractivity contribution in [2.24, 2.45) is 5.41 Å². The molecule has 34 heavy (non-hydrogen) atoms. The van der Waals surface area contributed by atoms with E-state index >= 15 is 0 Å². The summed E-state index contributed by atoms with van der Waals surface area (Å²) in [5.74, 6) is 1.18. The maximum absolute atomic E-state index is 13.2. The molecular weight excluding hydrogens is 424 g/mol. The number of rotatable bonds is 3. The molecule has 0 bridgehead atoms. The van der Waals surface area contributed by atoms with Gasteiger partial charge in [-0.3, -0.25) is 14.8 Å². The number of amides is 1. The van der Waals surface area contributed by atoms with Gasteiger partial charge in [0.15, 0.2) is 5.69 Å². The van der Waals surface area contributed by atoms with Crippen LogP contribution in [0.15, 0.2) is 42.5 Å². The van der Waals surface area contributed by atoms with E-state index in [1.54, 1.807) is 0 Å². The summed E-state index contributed by atoms with van der Waals surface area (Å²) in [6, 6.07) is 14.5. The molecule has 2 aromatic carbocycles. The van der Waals surface area contributed by atoms with Gasteiger partial charge in [0, 0.05) is 37.0 Å². The van der Waals surface area contributed by atoms with Gasteiger partial charge < -0.3 is 9.64 Å². The molecule has 2 saturated heterocycles. The van der Waals surface area contributed by atoms with Crippen LogP contribution >= 0.6 is 0 Å². The van der Waals surface area contributed by atoms with Crippen LogP contribution in [0.2, 0.25) is 0 Å². The lowest BCUT2D eigenvalue weighted by Crippen LogP contribution is -2.48. The number of carbonyl (C=O) groups is 1. The second-order valence-electron chi connectivity index (χ2n) is 11.1. The first-order valence-electron chi connectivity index (χ1n) is 12.7. The zero-order valence-corrected chi connectivity index (χ0v) is 20.3. The van der Waals surface area contributed by atoms with E-state index in [-0.39, 0.29) is 11.5 Å². The summed E-state index contributed by atoms with van der Waals surface area (Å²) < 4.78 is 6.30. The first-order valence-corrected chi connectivity index (χ1v) is 12.7. The lowest BCUT2D eigenvalue weighted by atomic mass is 9.71. The largest absolute Gasteiger partial charge is 0.487 e.